The smallest absolute Gasteiger partial charge is 0.326 e. The van der Waals surface area contributed by atoms with Crippen LogP contribution in [0.4, 0.5) is 0 Å². The fourth-order valence-electron chi connectivity index (χ4n) is 2.54. The van der Waals surface area contributed by atoms with Gasteiger partial charge in [0.05, 0.1) is 40.3 Å². The summed E-state index contributed by atoms with van der Waals surface area (Å²) >= 11 is 8.32. The summed E-state index contributed by atoms with van der Waals surface area (Å²) in [6.45, 7) is 1.91. The molecule has 0 fully saturated rings. The van der Waals surface area contributed by atoms with Crippen LogP contribution in [-0.2, 0) is 16.1 Å². The number of fused-ring (bicyclic) bond motifs is 1. The Morgan fingerprint density at radius 1 is 1.14 bits per heavy atom. The van der Waals surface area contributed by atoms with Crippen molar-refractivity contribution < 1.29 is 23.8 Å². The maximum atomic E-state index is 12.5. The largest absolute Gasteiger partial charge is 0.493 e. The molecular formula is C18H17ClN2O5S2. The average molecular weight is 441 g/mol. The van der Waals surface area contributed by atoms with Crippen LogP contribution in [0.25, 0.3) is 10.2 Å². The maximum Gasteiger partial charge on any atom is 0.326 e. The SMILES string of the molecule is CCOC(=O)Cn1c(=NC(=O)c2ccc(Cl)s2)sc2cc(OC)c(OC)cc21. The van der Waals surface area contributed by atoms with Crippen LogP contribution in [0.15, 0.2) is 29.3 Å². The van der Waals surface area contributed by atoms with Gasteiger partial charge in [0.25, 0.3) is 5.91 Å². The first-order valence-electron chi connectivity index (χ1n) is 8.22. The van der Waals surface area contributed by atoms with Crippen LogP contribution in [-0.4, -0.2) is 37.3 Å². The number of aromatic nitrogens is 1. The van der Waals surface area contributed by atoms with E-state index in [4.69, 9.17) is 25.8 Å². The predicted octanol–water partition coefficient (Wildman–Crippen LogP) is 3.74. The summed E-state index contributed by atoms with van der Waals surface area (Å²) in [5.41, 5.74) is 0.687. The molecule has 0 aliphatic carbocycles. The maximum absolute atomic E-state index is 12.5. The molecule has 0 aliphatic heterocycles. The molecule has 0 atom stereocenters. The third-order valence-corrected chi connectivity index (χ3v) is 6.02. The Morgan fingerprint density at radius 3 is 2.46 bits per heavy atom. The fourth-order valence-corrected chi connectivity index (χ4v) is 4.51. The van der Waals surface area contributed by atoms with Crippen molar-refractivity contribution in [3.8, 4) is 11.5 Å². The second-order valence-corrected chi connectivity index (χ2v) is 8.20. The number of ether oxygens (including phenoxy) is 3. The lowest BCUT2D eigenvalue weighted by atomic mass is 10.3. The first kappa shape index (κ1) is 20.4. The number of hydrogen-bond acceptors (Lipinski definition) is 7. The van der Waals surface area contributed by atoms with Crippen molar-refractivity contribution in [3.05, 3.63) is 38.3 Å². The van der Waals surface area contributed by atoms with E-state index in [0.29, 0.717) is 31.0 Å². The Balaban J connectivity index is 2.17. The van der Waals surface area contributed by atoms with Gasteiger partial charge in [0.15, 0.2) is 16.3 Å². The third kappa shape index (κ3) is 4.21. The van der Waals surface area contributed by atoms with E-state index in [-0.39, 0.29) is 13.2 Å². The highest BCUT2D eigenvalue weighted by molar-refractivity contribution is 7.18. The van der Waals surface area contributed by atoms with Crippen LogP contribution >= 0.6 is 34.3 Å². The molecule has 0 N–H and O–H groups in total. The molecular weight excluding hydrogens is 424 g/mol. The van der Waals surface area contributed by atoms with Crippen LogP contribution in [0.3, 0.4) is 0 Å². The number of carbonyl (C=O) groups excluding carboxylic acids is 2. The number of carbonyl (C=O) groups is 2. The molecule has 1 aromatic carbocycles. The topological polar surface area (TPSA) is 79.1 Å². The molecule has 3 rings (SSSR count). The highest BCUT2D eigenvalue weighted by Crippen LogP contribution is 2.33. The van der Waals surface area contributed by atoms with Crippen LogP contribution in [0.2, 0.25) is 4.34 Å². The van der Waals surface area contributed by atoms with Crippen LogP contribution in [0.5, 0.6) is 11.5 Å². The summed E-state index contributed by atoms with van der Waals surface area (Å²) in [7, 11) is 3.07. The van der Waals surface area contributed by atoms with E-state index in [2.05, 4.69) is 4.99 Å². The minimum atomic E-state index is -0.431. The van der Waals surface area contributed by atoms with E-state index >= 15 is 0 Å². The number of thiophene rings is 1. The molecule has 0 saturated heterocycles. The standard InChI is InChI=1S/C18H17ClN2O5S2/c1-4-26-16(22)9-21-10-7-11(24-2)12(25-3)8-14(10)28-18(21)20-17(23)13-5-6-15(19)27-13/h5-8H,4,9H2,1-3H3. The molecule has 10 heteroatoms. The summed E-state index contributed by atoms with van der Waals surface area (Å²) in [4.78, 5) is 29.6. The van der Waals surface area contributed by atoms with E-state index in [1.807, 2.05) is 0 Å². The van der Waals surface area contributed by atoms with Crippen molar-refractivity contribution in [2.75, 3.05) is 20.8 Å². The summed E-state index contributed by atoms with van der Waals surface area (Å²) in [6, 6.07) is 6.79. The van der Waals surface area contributed by atoms with E-state index in [9.17, 15) is 9.59 Å². The zero-order chi connectivity index (χ0) is 20.3. The Kier molecular flexibility index (Phi) is 6.38. The van der Waals surface area contributed by atoms with Crippen molar-refractivity contribution in [3.63, 3.8) is 0 Å². The second kappa shape index (κ2) is 8.76. The van der Waals surface area contributed by atoms with Crippen LogP contribution in [0.1, 0.15) is 16.6 Å². The summed E-state index contributed by atoms with van der Waals surface area (Å²) < 4.78 is 18.7. The van der Waals surface area contributed by atoms with Gasteiger partial charge in [0.2, 0.25) is 0 Å². The zero-order valence-corrected chi connectivity index (χ0v) is 17.7. The number of rotatable bonds is 6. The lowest BCUT2D eigenvalue weighted by Gasteiger charge is -2.09. The van der Waals surface area contributed by atoms with Gasteiger partial charge in [-0.05, 0) is 19.1 Å². The van der Waals surface area contributed by atoms with E-state index in [0.717, 1.165) is 16.0 Å². The average Bonchev–Trinajstić information content (AvgIpc) is 3.24. The lowest BCUT2D eigenvalue weighted by molar-refractivity contribution is -0.143. The molecule has 0 unspecified atom stereocenters. The predicted molar refractivity (Wildman–Crippen MR) is 109 cm³/mol. The number of halogens is 1. The molecule has 3 aromatic rings. The third-order valence-electron chi connectivity index (χ3n) is 3.76. The minimum absolute atomic E-state index is 0.0827. The van der Waals surface area contributed by atoms with Crippen molar-refractivity contribution in [1.82, 2.24) is 4.57 Å². The number of nitrogens with zero attached hydrogens (tertiary/aromatic N) is 2. The van der Waals surface area contributed by atoms with Gasteiger partial charge in [-0.2, -0.15) is 4.99 Å². The number of amides is 1. The highest BCUT2D eigenvalue weighted by Gasteiger charge is 2.16. The van der Waals surface area contributed by atoms with E-state index in [1.165, 1.54) is 18.4 Å². The minimum Gasteiger partial charge on any atom is -0.493 e. The molecule has 0 saturated carbocycles. The van der Waals surface area contributed by atoms with Crippen molar-refractivity contribution in [1.29, 1.82) is 0 Å². The Hall–Kier alpha value is -2.36. The highest BCUT2D eigenvalue weighted by atomic mass is 35.5. The van der Waals surface area contributed by atoms with Gasteiger partial charge in [-0.1, -0.05) is 22.9 Å². The summed E-state index contributed by atoms with van der Waals surface area (Å²) in [5, 5.41) is 0. The summed E-state index contributed by atoms with van der Waals surface area (Å²) in [5.74, 6) is 0.195. The first-order chi connectivity index (χ1) is 13.5. The van der Waals surface area contributed by atoms with Gasteiger partial charge in [-0.25, -0.2) is 0 Å². The van der Waals surface area contributed by atoms with Gasteiger partial charge >= 0.3 is 5.97 Å². The second-order valence-electron chi connectivity index (χ2n) is 5.47. The van der Waals surface area contributed by atoms with Gasteiger partial charge in [0.1, 0.15) is 6.54 Å². The number of methoxy groups -OCH3 is 2. The molecule has 0 radical (unpaired) electrons. The molecule has 7 nitrogen and oxygen atoms in total. The molecule has 2 heterocycles. The van der Waals surface area contributed by atoms with Crippen LogP contribution in [0, 0.1) is 0 Å². The van der Waals surface area contributed by atoms with Gasteiger partial charge in [-0.15, -0.1) is 11.3 Å². The fraction of sp³-hybridized carbons (Fsp3) is 0.278. The monoisotopic (exact) mass is 440 g/mol. The molecule has 0 spiro atoms. The van der Waals surface area contributed by atoms with Crippen molar-refractivity contribution >= 4 is 56.4 Å². The van der Waals surface area contributed by atoms with Gasteiger partial charge in [0, 0.05) is 12.1 Å². The Bertz CT molecular complexity index is 1100. The molecule has 0 bridgehead atoms. The van der Waals surface area contributed by atoms with Gasteiger partial charge in [-0.3, -0.25) is 9.59 Å². The zero-order valence-electron chi connectivity index (χ0n) is 15.4. The van der Waals surface area contributed by atoms with Crippen LogP contribution < -0.4 is 14.3 Å². The number of hydrogen-bond donors (Lipinski definition) is 0. The van der Waals surface area contributed by atoms with Crippen molar-refractivity contribution in [2.24, 2.45) is 4.99 Å². The number of esters is 1. The number of thiazole rings is 1. The molecule has 2 aromatic heterocycles. The van der Waals surface area contributed by atoms with Crippen molar-refractivity contribution in [2.45, 2.75) is 13.5 Å². The molecule has 0 aliphatic rings. The first-order valence-corrected chi connectivity index (χ1v) is 10.2. The lowest BCUT2D eigenvalue weighted by Crippen LogP contribution is -2.23. The Labute approximate surface area is 173 Å². The Morgan fingerprint density at radius 2 is 1.86 bits per heavy atom. The number of benzene rings is 1. The van der Waals surface area contributed by atoms with Gasteiger partial charge < -0.3 is 18.8 Å². The summed E-state index contributed by atoms with van der Waals surface area (Å²) in [6.07, 6.45) is 0. The molecule has 1 amide bonds. The molecule has 148 valence electrons. The quantitative estimate of drug-likeness (QED) is 0.545. The van der Waals surface area contributed by atoms with E-state index < -0.39 is 11.9 Å². The normalized spacial score (nSPS) is 11.6. The van der Waals surface area contributed by atoms with E-state index in [1.54, 1.807) is 42.9 Å². The molecule has 28 heavy (non-hydrogen) atoms.